The Hall–Kier alpha value is -0.850. The van der Waals surface area contributed by atoms with E-state index in [4.69, 9.17) is 11.5 Å². The van der Waals surface area contributed by atoms with Gasteiger partial charge in [0.05, 0.1) is 6.54 Å². The fraction of sp³-hybridized carbons (Fsp3) is 0.125. The van der Waals surface area contributed by atoms with Crippen molar-refractivity contribution in [2.24, 2.45) is 16.5 Å². The Morgan fingerprint density at radius 3 is 2.77 bits per heavy atom. The number of benzene rings is 1. The third-order valence-corrected chi connectivity index (χ3v) is 2.49. The molecule has 13 heavy (non-hydrogen) atoms. The molecule has 1 rings (SSSR count). The van der Waals surface area contributed by atoms with E-state index < -0.39 is 0 Å². The van der Waals surface area contributed by atoms with Crippen LogP contribution in [0.1, 0.15) is 5.56 Å². The van der Waals surface area contributed by atoms with Crippen LogP contribution in [0.15, 0.2) is 23.2 Å². The first-order chi connectivity index (χ1) is 6.09. The molecule has 5 heteroatoms. The van der Waals surface area contributed by atoms with Crippen molar-refractivity contribution in [2.45, 2.75) is 6.54 Å². The smallest absolute Gasteiger partial charge is 0.186 e. The average molecular weight is 293 g/mol. The maximum atomic E-state index is 12.8. The summed E-state index contributed by atoms with van der Waals surface area (Å²) in [5, 5.41) is 0. The predicted molar refractivity (Wildman–Crippen MR) is 58.6 cm³/mol. The molecule has 0 aliphatic heterocycles. The maximum absolute atomic E-state index is 12.8. The van der Waals surface area contributed by atoms with Gasteiger partial charge in [0, 0.05) is 3.57 Å². The van der Waals surface area contributed by atoms with Gasteiger partial charge in [0.2, 0.25) is 0 Å². The van der Waals surface area contributed by atoms with Crippen LogP contribution in [0.2, 0.25) is 0 Å². The van der Waals surface area contributed by atoms with Crippen molar-refractivity contribution in [3.63, 3.8) is 0 Å². The summed E-state index contributed by atoms with van der Waals surface area (Å²) in [5.74, 6) is -0.263. The topological polar surface area (TPSA) is 64.4 Å². The first-order valence-corrected chi connectivity index (χ1v) is 4.67. The van der Waals surface area contributed by atoms with Crippen molar-refractivity contribution < 1.29 is 4.39 Å². The molecule has 0 atom stereocenters. The summed E-state index contributed by atoms with van der Waals surface area (Å²) in [6.07, 6.45) is 0. The van der Waals surface area contributed by atoms with Crippen LogP contribution < -0.4 is 11.5 Å². The molecular formula is C8H9FIN3. The lowest BCUT2D eigenvalue weighted by molar-refractivity contribution is 0.625. The molecule has 0 radical (unpaired) electrons. The Morgan fingerprint density at radius 1 is 1.46 bits per heavy atom. The van der Waals surface area contributed by atoms with E-state index in [1.807, 2.05) is 0 Å². The van der Waals surface area contributed by atoms with Crippen molar-refractivity contribution in [1.29, 1.82) is 0 Å². The van der Waals surface area contributed by atoms with Gasteiger partial charge in [-0.1, -0.05) is 0 Å². The summed E-state index contributed by atoms with van der Waals surface area (Å²) in [5.41, 5.74) is 11.1. The summed E-state index contributed by atoms with van der Waals surface area (Å²) < 4.78 is 13.7. The van der Waals surface area contributed by atoms with Gasteiger partial charge in [0.25, 0.3) is 0 Å². The van der Waals surface area contributed by atoms with Crippen molar-refractivity contribution in [3.8, 4) is 0 Å². The zero-order valence-corrected chi connectivity index (χ0v) is 8.95. The van der Waals surface area contributed by atoms with E-state index >= 15 is 0 Å². The zero-order valence-electron chi connectivity index (χ0n) is 6.80. The average Bonchev–Trinajstić information content (AvgIpc) is 2.06. The number of nitrogens with two attached hydrogens (primary N) is 2. The lowest BCUT2D eigenvalue weighted by atomic mass is 10.2. The predicted octanol–water partition coefficient (Wildman–Crippen LogP) is 1.20. The standard InChI is InChI=1S/C8H9FIN3/c9-6-1-2-7(10)5(3-6)4-13-8(11)12/h1-3H,4H2,(H4,11,12,13). The molecule has 70 valence electrons. The van der Waals surface area contributed by atoms with E-state index in [1.165, 1.54) is 12.1 Å². The summed E-state index contributed by atoms with van der Waals surface area (Å²) in [4.78, 5) is 3.80. The molecule has 0 bridgehead atoms. The van der Waals surface area contributed by atoms with Gasteiger partial charge in [-0.15, -0.1) is 0 Å². The minimum Gasteiger partial charge on any atom is -0.370 e. The number of aliphatic imine (C=N–C) groups is 1. The number of hydrogen-bond acceptors (Lipinski definition) is 1. The molecule has 0 aliphatic rings. The normalized spacial score (nSPS) is 9.69. The van der Waals surface area contributed by atoms with Gasteiger partial charge in [0.1, 0.15) is 5.82 Å². The van der Waals surface area contributed by atoms with E-state index in [0.29, 0.717) is 6.54 Å². The summed E-state index contributed by atoms with van der Waals surface area (Å²) in [7, 11) is 0. The van der Waals surface area contributed by atoms with Crippen LogP contribution in [0.25, 0.3) is 0 Å². The highest BCUT2D eigenvalue weighted by Gasteiger charge is 2.00. The SMILES string of the molecule is NC(N)=NCc1cc(F)ccc1I. The third kappa shape index (κ3) is 3.17. The minimum atomic E-state index is -0.277. The van der Waals surface area contributed by atoms with Gasteiger partial charge in [0.15, 0.2) is 5.96 Å². The Labute approximate surface area is 89.2 Å². The van der Waals surface area contributed by atoms with Crippen LogP contribution in [0, 0.1) is 9.39 Å². The van der Waals surface area contributed by atoms with Crippen molar-refractivity contribution in [3.05, 3.63) is 33.1 Å². The Kier molecular flexibility index (Phi) is 3.47. The van der Waals surface area contributed by atoms with Gasteiger partial charge < -0.3 is 11.5 Å². The monoisotopic (exact) mass is 293 g/mol. The molecule has 0 fully saturated rings. The molecule has 1 aromatic carbocycles. The second-order valence-electron chi connectivity index (χ2n) is 2.48. The lowest BCUT2D eigenvalue weighted by Gasteiger charge is -2.00. The van der Waals surface area contributed by atoms with Gasteiger partial charge >= 0.3 is 0 Å². The summed E-state index contributed by atoms with van der Waals surface area (Å²) in [6.45, 7) is 0.318. The Morgan fingerprint density at radius 2 is 2.15 bits per heavy atom. The summed E-state index contributed by atoms with van der Waals surface area (Å²) >= 11 is 2.11. The van der Waals surface area contributed by atoms with Crippen molar-refractivity contribution >= 4 is 28.6 Å². The van der Waals surface area contributed by atoms with Crippen molar-refractivity contribution in [1.82, 2.24) is 0 Å². The largest absolute Gasteiger partial charge is 0.370 e. The third-order valence-electron chi connectivity index (χ3n) is 1.44. The molecule has 4 N–H and O–H groups in total. The number of nitrogens with zero attached hydrogens (tertiary/aromatic N) is 1. The molecule has 3 nitrogen and oxygen atoms in total. The molecule has 0 amide bonds. The van der Waals surface area contributed by atoms with Crippen LogP contribution >= 0.6 is 22.6 Å². The Bertz CT molecular complexity index is 334. The first kappa shape index (κ1) is 10.2. The molecule has 0 saturated heterocycles. The van der Waals surface area contributed by atoms with E-state index in [2.05, 4.69) is 27.6 Å². The van der Waals surface area contributed by atoms with E-state index in [-0.39, 0.29) is 11.8 Å². The number of guanidine groups is 1. The number of halogens is 2. The van der Waals surface area contributed by atoms with Crippen molar-refractivity contribution in [2.75, 3.05) is 0 Å². The van der Waals surface area contributed by atoms with Crippen LogP contribution in [0.4, 0.5) is 4.39 Å². The molecule has 0 aliphatic carbocycles. The van der Waals surface area contributed by atoms with Crippen LogP contribution in [-0.4, -0.2) is 5.96 Å². The molecule has 0 spiro atoms. The fourth-order valence-corrected chi connectivity index (χ4v) is 1.35. The lowest BCUT2D eigenvalue weighted by Crippen LogP contribution is -2.22. The van der Waals surface area contributed by atoms with E-state index in [9.17, 15) is 4.39 Å². The molecule has 0 unspecified atom stereocenters. The quantitative estimate of drug-likeness (QED) is 0.489. The van der Waals surface area contributed by atoms with E-state index in [1.54, 1.807) is 6.07 Å². The molecular weight excluding hydrogens is 284 g/mol. The van der Waals surface area contributed by atoms with E-state index in [0.717, 1.165) is 9.13 Å². The van der Waals surface area contributed by atoms with Gasteiger partial charge in [-0.3, -0.25) is 0 Å². The van der Waals surface area contributed by atoms with Gasteiger partial charge in [-0.25, -0.2) is 9.38 Å². The van der Waals surface area contributed by atoms with Gasteiger partial charge in [-0.2, -0.15) is 0 Å². The zero-order chi connectivity index (χ0) is 9.84. The highest BCUT2D eigenvalue weighted by Crippen LogP contribution is 2.14. The molecule has 0 aromatic heterocycles. The highest BCUT2D eigenvalue weighted by molar-refractivity contribution is 14.1. The van der Waals surface area contributed by atoms with Crippen LogP contribution in [0.5, 0.6) is 0 Å². The second kappa shape index (κ2) is 4.40. The molecule has 0 saturated carbocycles. The summed E-state index contributed by atoms with van der Waals surface area (Å²) in [6, 6.07) is 4.52. The van der Waals surface area contributed by atoms with Crippen LogP contribution in [0.3, 0.4) is 0 Å². The Balaban J connectivity index is 2.87. The van der Waals surface area contributed by atoms with Gasteiger partial charge in [-0.05, 0) is 46.4 Å². The molecule has 0 heterocycles. The first-order valence-electron chi connectivity index (χ1n) is 3.59. The van der Waals surface area contributed by atoms with Crippen LogP contribution in [-0.2, 0) is 6.54 Å². The second-order valence-corrected chi connectivity index (χ2v) is 3.64. The molecule has 1 aromatic rings. The number of hydrogen-bond donors (Lipinski definition) is 2. The minimum absolute atomic E-state index is 0.0139. The number of rotatable bonds is 2. The highest BCUT2D eigenvalue weighted by atomic mass is 127. The maximum Gasteiger partial charge on any atom is 0.186 e. The fourth-order valence-electron chi connectivity index (χ4n) is 0.841.